The van der Waals surface area contributed by atoms with E-state index in [9.17, 15) is 0 Å². The van der Waals surface area contributed by atoms with Crippen molar-refractivity contribution in [2.75, 3.05) is 20.3 Å². The molecule has 0 spiro atoms. The van der Waals surface area contributed by atoms with Gasteiger partial charge in [0.25, 0.3) is 0 Å². The van der Waals surface area contributed by atoms with Crippen molar-refractivity contribution in [1.29, 1.82) is 0 Å². The number of ether oxygens (including phenoxy) is 1. The van der Waals surface area contributed by atoms with Gasteiger partial charge in [-0.3, -0.25) is 4.98 Å². The maximum atomic E-state index is 5.00. The molecule has 3 nitrogen and oxygen atoms in total. The molecule has 0 saturated heterocycles. The van der Waals surface area contributed by atoms with Gasteiger partial charge in [0.2, 0.25) is 0 Å². The highest BCUT2D eigenvalue weighted by atomic mass is 16.5. The van der Waals surface area contributed by atoms with Crippen LogP contribution in [0.3, 0.4) is 0 Å². The maximum Gasteiger partial charge on any atom is 0.0587 e. The molecule has 1 N–H and O–H groups in total. The Bertz CT molecular complexity index is 264. The van der Waals surface area contributed by atoms with Gasteiger partial charge in [0, 0.05) is 32.1 Å². The molecular weight excluding hydrogens is 188 g/mol. The van der Waals surface area contributed by atoms with Gasteiger partial charge in [-0.25, -0.2) is 0 Å². The van der Waals surface area contributed by atoms with Crippen LogP contribution in [0, 0.1) is 0 Å². The van der Waals surface area contributed by atoms with Crippen molar-refractivity contribution >= 4 is 0 Å². The van der Waals surface area contributed by atoms with Gasteiger partial charge in [-0.05, 0) is 24.5 Å². The van der Waals surface area contributed by atoms with Crippen LogP contribution in [0.2, 0.25) is 0 Å². The average molecular weight is 208 g/mol. The molecule has 0 fully saturated rings. The molecule has 0 saturated carbocycles. The lowest BCUT2D eigenvalue weighted by Crippen LogP contribution is -2.33. The highest BCUT2D eigenvalue weighted by molar-refractivity contribution is 5.15. The lowest BCUT2D eigenvalue weighted by Gasteiger charge is -2.21. The number of rotatable bonds is 6. The fourth-order valence-electron chi connectivity index (χ4n) is 1.50. The molecular formula is C12H20N2O. The Balaban J connectivity index is 2.42. The molecule has 1 heterocycles. The fourth-order valence-corrected chi connectivity index (χ4v) is 1.50. The van der Waals surface area contributed by atoms with Crippen molar-refractivity contribution in [1.82, 2.24) is 10.3 Å². The van der Waals surface area contributed by atoms with Gasteiger partial charge in [-0.2, -0.15) is 0 Å². The Kier molecular flexibility index (Phi) is 5.29. The number of methoxy groups -OCH3 is 1. The van der Waals surface area contributed by atoms with Crippen molar-refractivity contribution in [3.63, 3.8) is 0 Å². The zero-order valence-electron chi connectivity index (χ0n) is 9.73. The Labute approximate surface area is 91.9 Å². The molecule has 0 aliphatic carbocycles. The molecule has 0 radical (unpaired) electrons. The summed E-state index contributed by atoms with van der Waals surface area (Å²) in [4.78, 5) is 4.13. The van der Waals surface area contributed by atoms with Crippen LogP contribution in [0.4, 0.5) is 0 Å². The largest absolute Gasteiger partial charge is 0.383 e. The Morgan fingerprint density at radius 3 is 2.87 bits per heavy atom. The van der Waals surface area contributed by atoms with Crippen LogP contribution in [0.25, 0.3) is 0 Å². The third kappa shape index (κ3) is 3.98. The second kappa shape index (κ2) is 6.53. The molecule has 0 aliphatic rings. The average Bonchev–Trinajstić information content (AvgIpc) is 2.29. The van der Waals surface area contributed by atoms with Gasteiger partial charge in [-0.15, -0.1) is 0 Å². The minimum absolute atomic E-state index is 0.435. The molecule has 1 aromatic rings. The first-order chi connectivity index (χ1) is 7.25. The number of nitrogens with zero attached hydrogens (tertiary/aromatic N) is 1. The lowest BCUT2D eigenvalue weighted by atomic mass is 9.96. The molecule has 15 heavy (non-hydrogen) atoms. The predicted molar refractivity (Wildman–Crippen MR) is 62.0 cm³/mol. The quantitative estimate of drug-likeness (QED) is 0.724. The first-order valence-electron chi connectivity index (χ1n) is 5.38. The van der Waals surface area contributed by atoms with Crippen LogP contribution in [0.15, 0.2) is 24.5 Å². The topological polar surface area (TPSA) is 34.1 Å². The second-order valence-corrected chi connectivity index (χ2v) is 3.81. The summed E-state index contributed by atoms with van der Waals surface area (Å²) >= 11 is 0. The summed E-state index contributed by atoms with van der Waals surface area (Å²) in [6, 6.07) is 4.53. The zero-order chi connectivity index (χ0) is 11.1. The molecule has 2 atom stereocenters. The van der Waals surface area contributed by atoms with Crippen LogP contribution in [0.5, 0.6) is 0 Å². The number of hydrogen-bond acceptors (Lipinski definition) is 3. The predicted octanol–water partition coefficient (Wildman–Crippen LogP) is 1.81. The SMILES string of the molecule is COCCNC(C)C(C)c1cccnc1. The summed E-state index contributed by atoms with van der Waals surface area (Å²) in [5.74, 6) is 0.468. The first-order valence-corrected chi connectivity index (χ1v) is 5.38. The third-order valence-corrected chi connectivity index (χ3v) is 2.73. The standard InChI is InChI=1S/C12H20N2O/c1-10(11(2)14-7-8-15-3)12-5-4-6-13-9-12/h4-6,9-11,14H,7-8H2,1-3H3. The zero-order valence-corrected chi connectivity index (χ0v) is 9.73. The monoisotopic (exact) mass is 208 g/mol. The van der Waals surface area contributed by atoms with Crippen LogP contribution in [-0.2, 0) is 4.74 Å². The van der Waals surface area contributed by atoms with E-state index < -0.39 is 0 Å². The summed E-state index contributed by atoms with van der Waals surface area (Å²) in [5.41, 5.74) is 1.27. The number of pyridine rings is 1. The molecule has 0 aromatic carbocycles. The van der Waals surface area contributed by atoms with E-state index in [1.165, 1.54) is 5.56 Å². The first kappa shape index (κ1) is 12.1. The molecule has 0 aliphatic heterocycles. The van der Waals surface area contributed by atoms with E-state index in [0.29, 0.717) is 12.0 Å². The van der Waals surface area contributed by atoms with Crippen molar-refractivity contribution in [2.45, 2.75) is 25.8 Å². The van der Waals surface area contributed by atoms with E-state index in [-0.39, 0.29) is 0 Å². The van der Waals surface area contributed by atoms with Crippen molar-refractivity contribution in [2.24, 2.45) is 0 Å². The van der Waals surface area contributed by atoms with E-state index in [4.69, 9.17) is 4.74 Å². The third-order valence-electron chi connectivity index (χ3n) is 2.73. The Morgan fingerprint density at radius 2 is 2.27 bits per heavy atom. The van der Waals surface area contributed by atoms with E-state index in [0.717, 1.165) is 13.2 Å². The number of aromatic nitrogens is 1. The minimum atomic E-state index is 0.435. The molecule has 2 unspecified atom stereocenters. The second-order valence-electron chi connectivity index (χ2n) is 3.81. The molecule has 84 valence electrons. The van der Waals surface area contributed by atoms with Crippen LogP contribution in [-0.4, -0.2) is 31.3 Å². The van der Waals surface area contributed by atoms with Crippen LogP contribution < -0.4 is 5.32 Å². The van der Waals surface area contributed by atoms with Gasteiger partial charge in [0.15, 0.2) is 0 Å². The number of nitrogens with one attached hydrogen (secondary N) is 1. The van der Waals surface area contributed by atoms with Crippen molar-refractivity contribution in [3.8, 4) is 0 Å². The Hall–Kier alpha value is -0.930. The van der Waals surface area contributed by atoms with Crippen LogP contribution in [0.1, 0.15) is 25.3 Å². The summed E-state index contributed by atoms with van der Waals surface area (Å²) in [6.45, 7) is 6.04. The number of hydrogen-bond donors (Lipinski definition) is 1. The Morgan fingerprint density at radius 1 is 1.47 bits per heavy atom. The van der Waals surface area contributed by atoms with Crippen molar-refractivity contribution in [3.05, 3.63) is 30.1 Å². The van der Waals surface area contributed by atoms with E-state index in [2.05, 4.69) is 30.2 Å². The molecule has 1 aromatic heterocycles. The van der Waals surface area contributed by atoms with Gasteiger partial charge in [0.1, 0.15) is 0 Å². The van der Waals surface area contributed by atoms with E-state index in [1.54, 1.807) is 13.3 Å². The summed E-state index contributed by atoms with van der Waals surface area (Å²) in [5, 5.41) is 3.43. The molecule has 3 heteroatoms. The summed E-state index contributed by atoms with van der Waals surface area (Å²) in [7, 11) is 1.72. The summed E-state index contributed by atoms with van der Waals surface area (Å²) < 4.78 is 5.00. The van der Waals surface area contributed by atoms with Gasteiger partial charge < -0.3 is 10.1 Å². The van der Waals surface area contributed by atoms with Crippen molar-refractivity contribution < 1.29 is 4.74 Å². The smallest absolute Gasteiger partial charge is 0.0587 e. The van der Waals surface area contributed by atoms with Gasteiger partial charge in [0.05, 0.1) is 6.61 Å². The van der Waals surface area contributed by atoms with E-state index in [1.807, 2.05) is 12.3 Å². The van der Waals surface area contributed by atoms with Gasteiger partial charge >= 0.3 is 0 Å². The van der Waals surface area contributed by atoms with Gasteiger partial charge in [-0.1, -0.05) is 13.0 Å². The van der Waals surface area contributed by atoms with E-state index >= 15 is 0 Å². The molecule has 0 bridgehead atoms. The van der Waals surface area contributed by atoms with Crippen LogP contribution >= 0.6 is 0 Å². The fraction of sp³-hybridized carbons (Fsp3) is 0.583. The summed E-state index contributed by atoms with van der Waals surface area (Å²) in [6.07, 6.45) is 3.73. The highest BCUT2D eigenvalue weighted by Gasteiger charge is 2.13. The molecule has 0 amide bonds. The lowest BCUT2D eigenvalue weighted by molar-refractivity contribution is 0.195. The molecule has 1 rings (SSSR count). The normalized spacial score (nSPS) is 14.9. The maximum absolute atomic E-state index is 5.00. The minimum Gasteiger partial charge on any atom is -0.383 e. The highest BCUT2D eigenvalue weighted by Crippen LogP contribution is 2.17.